The lowest BCUT2D eigenvalue weighted by Crippen LogP contribution is -2.25. The molecule has 0 bridgehead atoms. The summed E-state index contributed by atoms with van der Waals surface area (Å²) in [7, 11) is 0. The van der Waals surface area contributed by atoms with Gasteiger partial charge in [0.2, 0.25) is 0 Å². The summed E-state index contributed by atoms with van der Waals surface area (Å²) < 4.78 is 0. The molecule has 0 fully saturated rings. The average molecular weight is 128 g/mol. The van der Waals surface area contributed by atoms with Gasteiger partial charge < -0.3 is 15.6 Å². The molecule has 0 aromatic carbocycles. The molecule has 0 spiro atoms. The van der Waals surface area contributed by atoms with E-state index >= 15 is 0 Å². The molecule has 9 heavy (non-hydrogen) atoms. The lowest BCUT2D eigenvalue weighted by molar-refractivity contribution is -0.299. The van der Waals surface area contributed by atoms with Crippen molar-refractivity contribution in [2.75, 3.05) is 0 Å². The highest BCUT2D eigenvalue weighted by Crippen LogP contribution is 1.98. The van der Waals surface area contributed by atoms with Crippen molar-refractivity contribution >= 4 is 5.97 Å². The SMILES string of the molecule is CC/C(N)=C(\C)C(=O)[O-]. The highest BCUT2D eigenvalue weighted by Gasteiger charge is 1.93. The molecule has 0 rings (SSSR count). The summed E-state index contributed by atoms with van der Waals surface area (Å²) in [6, 6.07) is 0. The van der Waals surface area contributed by atoms with Crippen molar-refractivity contribution < 1.29 is 9.90 Å². The van der Waals surface area contributed by atoms with Gasteiger partial charge in [-0.05, 0) is 18.9 Å². The Bertz CT molecular complexity index is 149. The molecule has 0 aliphatic rings. The Morgan fingerprint density at radius 2 is 2.11 bits per heavy atom. The van der Waals surface area contributed by atoms with Crippen LogP contribution in [-0.4, -0.2) is 5.97 Å². The van der Waals surface area contributed by atoms with Crippen molar-refractivity contribution in [1.82, 2.24) is 0 Å². The number of hydrogen-bond acceptors (Lipinski definition) is 3. The summed E-state index contributed by atoms with van der Waals surface area (Å²) in [5.41, 5.74) is 5.80. The Labute approximate surface area is 54.2 Å². The molecular formula is C6H10NO2-. The smallest absolute Gasteiger partial charge is 0.0689 e. The predicted molar refractivity (Wildman–Crippen MR) is 32.2 cm³/mol. The molecule has 0 saturated heterocycles. The fourth-order valence-electron chi connectivity index (χ4n) is 0.396. The summed E-state index contributed by atoms with van der Waals surface area (Å²) in [4.78, 5) is 10.1. The largest absolute Gasteiger partial charge is 0.545 e. The molecule has 3 nitrogen and oxygen atoms in total. The molecular weight excluding hydrogens is 118 g/mol. The summed E-state index contributed by atoms with van der Waals surface area (Å²) in [6.45, 7) is 3.23. The molecule has 0 aliphatic carbocycles. The third kappa shape index (κ3) is 2.17. The van der Waals surface area contributed by atoms with Crippen molar-refractivity contribution in [3.63, 3.8) is 0 Å². The van der Waals surface area contributed by atoms with Crippen LogP contribution in [0, 0.1) is 0 Å². The van der Waals surface area contributed by atoms with Crippen LogP contribution in [0.4, 0.5) is 0 Å². The molecule has 2 N–H and O–H groups in total. The van der Waals surface area contributed by atoms with Crippen molar-refractivity contribution in [3.05, 3.63) is 11.3 Å². The van der Waals surface area contributed by atoms with Crippen LogP contribution in [-0.2, 0) is 4.79 Å². The number of allylic oxidation sites excluding steroid dienone is 1. The van der Waals surface area contributed by atoms with E-state index in [2.05, 4.69) is 0 Å². The van der Waals surface area contributed by atoms with E-state index in [9.17, 15) is 9.90 Å². The number of carboxylic acid groups (broad SMARTS) is 1. The molecule has 0 aliphatic heterocycles. The number of carbonyl (C=O) groups is 1. The van der Waals surface area contributed by atoms with Gasteiger partial charge in [-0.3, -0.25) is 0 Å². The second kappa shape index (κ2) is 3.12. The lowest BCUT2D eigenvalue weighted by atomic mass is 10.2. The van der Waals surface area contributed by atoms with Gasteiger partial charge in [0.15, 0.2) is 0 Å². The van der Waals surface area contributed by atoms with Gasteiger partial charge in [-0.1, -0.05) is 6.92 Å². The maximum atomic E-state index is 10.1. The van der Waals surface area contributed by atoms with E-state index in [1.165, 1.54) is 6.92 Å². The molecule has 0 aromatic rings. The Kier molecular flexibility index (Phi) is 2.78. The third-order valence-electron chi connectivity index (χ3n) is 1.17. The van der Waals surface area contributed by atoms with Crippen molar-refractivity contribution in [2.45, 2.75) is 20.3 Å². The molecule has 52 valence electrons. The van der Waals surface area contributed by atoms with Gasteiger partial charge in [0, 0.05) is 5.70 Å². The summed E-state index contributed by atoms with van der Waals surface area (Å²) in [6.07, 6.45) is 0.555. The van der Waals surface area contributed by atoms with Crippen LogP contribution in [0.15, 0.2) is 11.3 Å². The van der Waals surface area contributed by atoms with Crippen LogP contribution in [0.25, 0.3) is 0 Å². The molecule has 3 heteroatoms. The first-order chi connectivity index (χ1) is 4.09. The quantitative estimate of drug-likeness (QED) is 0.504. The molecule has 0 unspecified atom stereocenters. The fraction of sp³-hybridized carbons (Fsp3) is 0.500. The monoisotopic (exact) mass is 128 g/mol. The van der Waals surface area contributed by atoms with Crippen LogP contribution < -0.4 is 10.8 Å². The average Bonchev–Trinajstić information content (AvgIpc) is 1.84. The van der Waals surface area contributed by atoms with Crippen LogP contribution in [0.1, 0.15) is 20.3 Å². The molecule has 0 amide bonds. The number of nitrogens with two attached hydrogens (primary N) is 1. The number of rotatable bonds is 2. The van der Waals surface area contributed by atoms with Crippen molar-refractivity contribution in [3.8, 4) is 0 Å². The summed E-state index contributed by atoms with van der Waals surface area (Å²) >= 11 is 0. The Hall–Kier alpha value is -0.990. The minimum atomic E-state index is -1.19. The van der Waals surface area contributed by atoms with E-state index in [0.717, 1.165) is 0 Å². The molecule has 0 atom stereocenters. The van der Waals surface area contributed by atoms with E-state index in [-0.39, 0.29) is 5.57 Å². The maximum absolute atomic E-state index is 10.1. The van der Waals surface area contributed by atoms with Gasteiger partial charge in [0.1, 0.15) is 0 Å². The number of carboxylic acids is 1. The topological polar surface area (TPSA) is 66.2 Å². The first kappa shape index (κ1) is 8.01. The predicted octanol–water partition coefficient (Wildman–Crippen LogP) is -0.621. The van der Waals surface area contributed by atoms with E-state index in [0.29, 0.717) is 12.1 Å². The third-order valence-corrected chi connectivity index (χ3v) is 1.17. The Balaban J connectivity index is 4.28. The first-order valence-corrected chi connectivity index (χ1v) is 2.76. The standard InChI is InChI=1S/C6H11NO2/c1-3-5(7)4(2)6(8)9/h3,7H2,1-2H3,(H,8,9)/p-1/b5-4-. The minimum absolute atomic E-state index is 0.137. The van der Waals surface area contributed by atoms with Crippen LogP contribution in [0.2, 0.25) is 0 Å². The van der Waals surface area contributed by atoms with Crippen LogP contribution in [0.3, 0.4) is 0 Å². The normalized spacial score (nSPS) is 12.7. The maximum Gasteiger partial charge on any atom is 0.0689 e. The highest BCUT2D eigenvalue weighted by atomic mass is 16.4. The minimum Gasteiger partial charge on any atom is -0.545 e. The van der Waals surface area contributed by atoms with Gasteiger partial charge >= 0.3 is 0 Å². The van der Waals surface area contributed by atoms with Gasteiger partial charge in [-0.25, -0.2) is 0 Å². The van der Waals surface area contributed by atoms with E-state index in [1.54, 1.807) is 6.92 Å². The van der Waals surface area contributed by atoms with E-state index in [4.69, 9.17) is 5.73 Å². The second-order valence-electron chi connectivity index (χ2n) is 1.79. The van der Waals surface area contributed by atoms with Crippen LogP contribution in [0.5, 0.6) is 0 Å². The Morgan fingerprint density at radius 1 is 1.67 bits per heavy atom. The highest BCUT2D eigenvalue weighted by molar-refractivity contribution is 5.84. The van der Waals surface area contributed by atoms with Crippen molar-refractivity contribution in [1.29, 1.82) is 0 Å². The van der Waals surface area contributed by atoms with Gasteiger partial charge in [-0.2, -0.15) is 0 Å². The Morgan fingerprint density at radius 3 is 2.22 bits per heavy atom. The van der Waals surface area contributed by atoms with Crippen molar-refractivity contribution in [2.24, 2.45) is 5.73 Å². The zero-order valence-electron chi connectivity index (χ0n) is 5.60. The number of hydrogen-bond donors (Lipinski definition) is 1. The van der Waals surface area contributed by atoms with Gasteiger partial charge in [0.25, 0.3) is 0 Å². The van der Waals surface area contributed by atoms with E-state index in [1.807, 2.05) is 0 Å². The number of aliphatic carboxylic acids is 1. The second-order valence-corrected chi connectivity index (χ2v) is 1.79. The van der Waals surface area contributed by atoms with E-state index < -0.39 is 5.97 Å². The zero-order chi connectivity index (χ0) is 7.44. The summed E-state index contributed by atoms with van der Waals surface area (Å²) in [5.74, 6) is -1.19. The summed E-state index contributed by atoms with van der Waals surface area (Å²) in [5, 5.41) is 10.1. The van der Waals surface area contributed by atoms with Gasteiger partial charge in [0.05, 0.1) is 5.97 Å². The fourth-order valence-corrected chi connectivity index (χ4v) is 0.396. The van der Waals surface area contributed by atoms with Gasteiger partial charge in [-0.15, -0.1) is 0 Å². The zero-order valence-corrected chi connectivity index (χ0v) is 5.60. The molecule has 0 aromatic heterocycles. The molecule has 0 radical (unpaired) electrons. The number of carbonyl (C=O) groups excluding carboxylic acids is 1. The lowest BCUT2D eigenvalue weighted by Gasteiger charge is -2.04. The molecule has 0 heterocycles. The first-order valence-electron chi connectivity index (χ1n) is 2.76. The van der Waals surface area contributed by atoms with Crippen LogP contribution >= 0.6 is 0 Å². The molecule has 0 saturated carbocycles.